The lowest BCUT2D eigenvalue weighted by molar-refractivity contribution is 0.0702. The van der Waals surface area contributed by atoms with E-state index in [4.69, 9.17) is 5.11 Å². The Hall–Kier alpha value is -1.20. The van der Waals surface area contributed by atoms with Crippen molar-refractivity contribution >= 4 is 28.6 Å². The molecule has 2 heterocycles. The quantitative estimate of drug-likeness (QED) is 0.875. The number of thiazole rings is 1. The number of carboxylic acid groups (broad SMARTS) is 1. The zero-order chi connectivity index (χ0) is 11.0. The summed E-state index contributed by atoms with van der Waals surface area (Å²) in [5.74, 6) is -0.874. The summed E-state index contributed by atoms with van der Waals surface area (Å²) in [6.45, 7) is 3.85. The van der Waals surface area contributed by atoms with Gasteiger partial charge in [0.25, 0.3) is 0 Å². The van der Waals surface area contributed by atoms with Crippen molar-refractivity contribution in [1.29, 1.82) is 0 Å². The van der Waals surface area contributed by atoms with E-state index in [9.17, 15) is 4.79 Å². The zero-order valence-electron chi connectivity index (χ0n) is 8.27. The maximum atomic E-state index is 10.8. The fourth-order valence-electron chi connectivity index (χ4n) is 1.31. The molecule has 0 saturated heterocycles. The Bertz CT molecular complexity index is 513. The summed E-state index contributed by atoms with van der Waals surface area (Å²) in [6.07, 6.45) is 0. The third-order valence-corrected chi connectivity index (χ3v) is 4.00. The Morgan fingerprint density at radius 2 is 2.20 bits per heavy atom. The van der Waals surface area contributed by atoms with Gasteiger partial charge in [0.05, 0.1) is 15.6 Å². The molecule has 0 aliphatic rings. The highest BCUT2D eigenvalue weighted by Gasteiger charge is 2.14. The van der Waals surface area contributed by atoms with Gasteiger partial charge in [-0.2, -0.15) is 0 Å². The fraction of sp³-hybridized carbons (Fsp3) is 0.200. The summed E-state index contributed by atoms with van der Waals surface area (Å²) in [6, 6.07) is 1.69. The van der Waals surface area contributed by atoms with E-state index in [2.05, 4.69) is 4.98 Å². The molecule has 15 heavy (non-hydrogen) atoms. The number of carboxylic acids is 1. The highest BCUT2D eigenvalue weighted by atomic mass is 32.1. The van der Waals surface area contributed by atoms with E-state index >= 15 is 0 Å². The molecular weight excluding hydrogens is 230 g/mol. The lowest BCUT2D eigenvalue weighted by atomic mass is 10.2. The first-order chi connectivity index (χ1) is 7.08. The van der Waals surface area contributed by atoms with Crippen LogP contribution in [0.3, 0.4) is 0 Å². The van der Waals surface area contributed by atoms with Crippen LogP contribution in [-0.2, 0) is 0 Å². The SMILES string of the molecule is Cc1nc(-c2sc(C(=O)O)cc2C)cs1. The van der Waals surface area contributed by atoms with Crippen molar-refractivity contribution in [1.82, 2.24) is 4.98 Å². The summed E-state index contributed by atoms with van der Waals surface area (Å²) < 4.78 is 0. The van der Waals surface area contributed by atoms with E-state index in [-0.39, 0.29) is 0 Å². The Morgan fingerprint density at radius 1 is 1.47 bits per heavy atom. The molecule has 0 saturated carbocycles. The number of aromatic nitrogens is 1. The highest BCUT2D eigenvalue weighted by Crippen LogP contribution is 2.32. The first-order valence-electron chi connectivity index (χ1n) is 4.34. The van der Waals surface area contributed by atoms with Crippen molar-refractivity contribution in [3.8, 4) is 10.6 Å². The van der Waals surface area contributed by atoms with Gasteiger partial charge in [-0.3, -0.25) is 0 Å². The Morgan fingerprint density at radius 3 is 2.67 bits per heavy atom. The second-order valence-corrected chi connectivity index (χ2v) is 5.29. The van der Waals surface area contributed by atoms with Crippen molar-refractivity contribution in [3.05, 3.63) is 26.9 Å². The van der Waals surface area contributed by atoms with Gasteiger partial charge in [-0.1, -0.05) is 0 Å². The van der Waals surface area contributed by atoms with Gasteiger partial charge in [-0.15, -0.1) is 22.7 Å². The molecular formula is C10H9NO2S2. The second-order valence-electron chi connectivity index (χ2n) is 3.18. The summed E-state index contributed by atoms with van der Waals surface area (Å²) >= 11 is 2.85. The first kappa shape index (κ1) is 10.3. The third-order valence-electron chi connectivity index (χ3n) is 1.98. The normalized spacial score (nSPS) is 10.5. The molecule has 2 rings (SSSR count). The lowest BCUT2D eigenvalue weighted by Gasteiger charge is -1.91. The summed E-state index contributed by atoms with van der Waals surface area (Å²) in [5, 5.41) is 11.8. The molecule has 5 heteroatoms. The van der Waals surface area contributed by atoms with Crippen LogP contribution in [-0.4, -0.2) is 16.1 Å². The molecule has 0 amide bonds. The molecule has 2 aromatic rings. The minimum absolute atomic E-state index is 0.369. The molecule has 3 nitrogen and oxygen atoms in total. The van der Waals surface area contributed by atoms with E-state index in [0.29, 0.717) is 4.88 Å². The van der Waals surface area contributed by atoms with Gasteiger partial charge in [0.2, 0.25) is 0 Å². The third kappa shape index (κ3) is 1.93. The van der Waals surface area contributed by atoms with E-state index < -0.39 is 5.97 Å². The fourth-order valence-corrected chi connectivity index (χ4v) is 2.96. The van der Waals surface area contributed by atoms with Crippen molar-refractivity contribution in [2.45, 2.75) is 13.8 Å². The summed E-state index contributed by atoms with van der Waals surface area (Å²) in [4.78, 5) is 16.5. The summed E-state index contributed by atoms with van der Waals surface area (Å²) in [5.41, 5.74) is 1.86. The average molecular weight is 239 g/mol. The molecule has 2 aromatic heterocycles. The van der Waals surface area contributed by atoms with Gasteiger partial charge >= 0.3 is 5.97 Å². The monoisotopic (exact) mass is 239 g/mol. The predicted molar refractivity (Wildman–Crippen MR) is 61.9 cm³/mol. The zero-order valence-corrected chi connectivity index (χ0v) is 9.91. The molecule has 0 atom stereocenters. The van der Waals surface area contributed by atoms with Gasteiger partial charge in [-0.25, -0.2) is 9.78 Å². The predicted octanol–water partition coefficient (Wildman–Crippen LogP) is 3.19. The van der Waals surface area contributed by atoms with Crippen LogP contribution in [0, 0.1) is 13.8 Å². The lowest BCUT2D eigenvalue weighted by Crippen LogP contribution is -1.89. The minimum Gasteiger partial charge on any atom is -0.477 e. The van der Waals surface area contributed by atoms with Crippen LogP contribution in [0.4, 0.5) is 0 Å². The van der Waals surface area contributed by atoms with Gasteiger partial charge in [0.1, 0.15) is 4.88 Å². The Kier molecular flexibility index (Phi) is 2.58. The molecule has 78 valence electrons. The van der Waals surface area contributed by atoms with Crippen LogP contribution >= 0.6 is 22.7 Å². The Labute approximate surface area is 95.0 Å². The van der Waals surface area contributed by atoms with Gasteiger partial charge in [0.15, 0.2) is 0 Å². The van der Waals surface area contributed by atoms with Gasteiger partial charge in [-0.05, 0) is 25.5 Å². The maximum absolute atomic E-state index is 10.8. The topological polar surface area (TPSA) is 50.2 Å². The number of nitrogens with zero attached hydrogens (tertiary/aromatic N) is 1. The minimum atomic E-state index is -0.874. The number of hydrogen-bond donors (Lipinski definition) is 1. The molecule has 0 unspecified atom stereocenters. The molecule has 1 N–H and O–H groups in total. The van der Waals surface area contributed by atoms with Crippen LogP contribution in [0.1, 0.15) is 20.2 Å². The number of carbonyl (C=O) groups is 1. The molecule has 0 aromatic carbocycles. The van der Waals surface area contributed by atoms with E-state index in [1.807, 2.05) is 19.2 Å². The summed E-state index contributed by atoms with van der Waals surface area (Å²) in [7, 11) is 0. The van der Waals surface area contributed by atoms with Crippen molar-refractivity contribution in [2.75, 3.05) is 0 Å². The number of thiophene rings is 1. The van der Waals surface area contributed by atoms with Crippen molar-refractivity contribution < 1.29 is 9.90 Å². The molecule has 0 aliphatic heterocycles. The molecule has 0 spiro atoms. The van der Waals surface area contributed by atoms with Crippen LogP contribution in [0.25, 0.3) is 10.6 Å². The smallest absolute Gasteiger partial charge is 0.345 e. The molecule has 0 aliphatic carbocycles. The number of aryl methyl sites for hydroxylation is 2. The van der Waals surface area contributed by atoms with Crippen LogP contribution in [0.5, 0.6) is 0 Å². The first-order valence-corrected chi connectivity index (χ1v) is 6.04. The number of rotatable bonds is 2. The van der Waals surface area contributed by atoms with Gasteiger partial charge < -0.3 is 5.11 Å². The second kappa shape index (κ2) is 3.75. The number of hydrogen-bond acceptors (Lipinski definition) is 4. The maximum Gasteiger partial charge on any atom is 0.345 e. The molecule has 0 radical (unpaired) electrons. The van der Waals surface area contributed by atoms with E-state index in [1.165, 1.54) is 11.3 Å². The Balaban J connectivity index is 2.49. The highest BCUT2D eigenvalue weighted by molar-refractivity contribution is 7.18. The van der Waals surface area contributed by atoms with Crippen LogP contribution in [0.15, 0.2) is 11.4 Å². The molecule has 0 fully saturated rings. The molecule has 0 bridgehead atoms. The number of aromatic carboxylic acids is 1. The average Bonchev–Trinajstić information content (AvgIpc) is 2.71. The van der Waals surface area contributed by atoms with Crippen LogP contribution in [0.2, 0.25) is 0 Å². The largest absolute Gasteiger partial charge is 0.477 e. The van der Waals surface area contributed by atoms with Gasteiger partial charge in [0, 0.05) is 5.38 Å². The van der Waals surface area contributed by atoms with Crippen molar-refractivity contribution in [3.63, 3.8) is 0 Å². The van der Waals surface area contributed by atoms with Crippen molar-refractivity contribution in [2.24, 2.45) is 0 Å². The van der Waals surface area contributed by atoms with Crippen LogP contribution < -0.4 is 0 Å². The standard InChI is InChI=1S/C10H9NO2S2/c1-5-3-8(10(12)13)15-9(5)7-4-14-6(2)11-7/h3-4H,1-2H3,(H,12,13). The van der Waals surface area contributed by atoms with E-state index in [1.54, 1.807) is 17.4 Å². The van der Waals surface area contributed by atoms with E-state index in [0.717, 1.165) is 21.1 Å².